The van der Waals surface area contributed by atoms with E-state index in [1.807, 2.05) is 30.3 Å². The summed E-state index contributed by atoms with van der Waals surface area (Å²) in [6.07, 6.45) is -0.232. The van der Waals surface area contributed by atoms with Gasteiger partial charge in [-0.2, -0.15) is 0 Å². The summed E-state index contributed by atoms with van der Waals surface area (Å²) in [7, 11) is 0. The number of aliphatic hydroxyl groups is 1. The second-order valence-electron chi connectivity index (χ2n) is 4.13. The topological polar surface area (TPSA) is 29.5 Å². The number of hydrogen-bond donors (Lipinski definition) is 1. The molecule has 0 amide bonds. The number of hydrogen-bond acceptors (Lipinski definition) is 2. The fraction of sp³-hybridized carbons (Fsp3) is 0.200. The average Bonchev–Trinajstić information content (AvgIpc) is 2.42. The Bertz CT molecular complexity index is 529. The molecule has 19 heavy (non-hydrogen) atoms. The van der Waals surface area contributed by atoms with Gasteiger partial charge < -0.3 is 9.84 Å². The summed E-state index contributed by atoms with van der Waals surface area (Å²) in [6, 6.07) is 14.5. The third kappa shape index (κ3) is 4.13. The Kier molecular flexibility index (Phi) is 5.08. The molecule has 0 aromatic heterocycles. The van der Waals surface area contributed by atoms with Crippen LogP contribution in [0.5, 0.6) is 5.75 Å². The van der Waals surface area contributed by atoms with Crippen molar-refractivity contribution in [3.63, 3.8) is 0 Å². The van der Waals surface area contributed by atoms with Crippen LogP contribution in [0.2, 0.25) is 10.0 Å². The van der Waals surface area contributed by atoms with E-state index in [0.717, 1.165) is 5.75 Å². The Morgan fingerprint density at radius 2 is 1.79 bits per heavy atom. The van der Waals surface area contributed by atoms with Gasteiger partial charge in [0, 0.05) is 22.0 Å². The zero-order valence-electron chi connectivity index (χ0n) is 10.2. The van der Waals surface area contributed by atoms with Gasteiger partial charge in [-0.15, -0.1) is 0 Å². The maximum atomic E-state index is 10.1. The van der Waals surface area contributed by atoms with Crippen LogP contribution in [0.3, 0.4) is 0 Å². The molecule has 2 aromatic carbocycles. The molecule has 0 spiro atoms. The molecular weight excluding hydrogens is 283 g/mol. The van der Waals surface area contributed by atoms with Crippen LogP contribution in [-0.2, 0) is 0 Å². The Morgan fingerprint density at radius 3 is 2.53 bits per heavy atom. The average molecular weight is 297 g/mol. The fourth-order valence-electron chi connectivity index (χ4n) is 1.73. The first-order valence-corrected chi connectivity index (χ1v) is 6.73. The highest BCUT2D eigenvalue weighted by molar-refractivity contribution is 6.33. The Labute approximate surface area is 122 Å². The number of aliphatic hydroxyl groups excluding tert-OH is 1. The second-order valence-corrected chi connectivity index (χ2v) is 4.98. The number of ether oxygens (including phenoxy) is 1. The quantitative estimate of drug-likeness (QED) is 0.880. The minimum absolute atomic E-state index is 0.411. The summed E-state index contributed by atoms with van der Waals surface area (Å²) in [5.74, 6) is 0.784. The lowest BCUT2D eigenvalue weighted by Crippen LogP contribution is -2.06. The van der Waals surface area contributed by atoms with E-state index in [1.54, 1.807) is 18.2 Å². The molecule has 2 nitrogen and oxygen atoms in total. The van der Waals surface area contributed by atoms with Crippen molar-refractivity contribution < 1.29 is 9.84 Å². The van der Waals surface area contributed by atoms with Crippen LogP contribution in [0.1, 0.15) is 18.1 Å². The van der Waals surface area contributed by atoms with Crippen molar-refractivity contribution in [3.05, 3.63) is 64.1 Å². The molecule has 4 heteroatoms. The van der Waals surface area contributed by atoms with Gasteiger partial charge in [-0.25, -0.2) is 0 Å². The van der Waals surface area contributed by atoms with Crippen LogP contribution in [0, 0.1) is 0 Å². The van der Waals surface area contributed by atoms with E-state index in [4.69, 9.17) is 27.9 Å². The Balaban J connectivity index is 1.91. The summed E-state index contributed by atoms with van der Waals surface area (Å²) in [5, 5.41) is 11.1. The molecule has 0 saturated carbocycles. The summed E-state index contributed by atoms with van der Waals surface area (Å²) in [6.45, 7) is 0.411. The van der Waals surface area contributed by atoms with Gasteiger partial charge in [-0.3, -0.25) is 0 Å². The van der Waals surface area contributed by atoms with E-state index in [2.05, 4.69) is 0 Å². The van der Waals surface area contributed by atoms with E-state index in [9.17, 15) is 5.11 Å². The molecule has 0 radical (unpaired) electrons. The maximum Gasteiger partial charge on any atom is 0.119 e. The van der Waals surface area contributed by atoms with Crippen molar-refractivity contribution in [2.24, 2.45) is 0 Å². The zero-order chi connectivity index (χ0) is 13.7. The van der Waals surface area contributed by atoms with Gasteiger partial charge in [0.2, 0.25) is 0 Å². The molecule has 100 valence electrons. The maximum absolute atomic E-state index is 10.1. The Morgan fingerprint density at radius 1 is 1.05 bits per heavy atom. The van der Waals surface area contributed by atoms with Crippen molar-refractivity contribution in [1.29, 1.82) is 0 Å². The van der Waals surface area contributed by atoms with Crippen LogP contribution < -0.4 is 4.74 Å². The van der Waals surface area contributed by atoms with Gasteiger partial charge in [0.05, 0.1) is 12.7 Å². The van der Waals surface area contributed by atoms with Gasteiger partial charge in [-0.05, 0) is 30.3 Å². The van der Waals surface area contributed by atoms with Crippen molar-refractivity contribution in [2.45, 2.75) is 12.5 Å². The molecule has 0 aliphatic rings. The molecule has 0 aliphatic heterocycles. The normalized spacial score (nSPS) is 12.2. The minimum atomic E-state index is -0.685. The second kappa shape index (κ2) is 6.80. The molecule has 1 N–H and O–H groups in total. The van der Waals surface area contributed by atoms with Gasteiger partial charge in [0.1, 0.15) is 5.75 Å². The van der Waals surface area contributed by atoms with E-state index in [-0.39, 0.29) is 0 Å². The number of para-hydroxylation sites is 1. The lowest BCUT2D eigenvalue weighted by Gasteiger charge is -2.13. The Hall–Kier alpha value is -1.22. The smallest absolute Gasteiger partial charge is 0.119 e. The van der Waals surface area contributed by atoms with Crippen LogP contribution in [0.25, 0.3) is 0 Å². The van der Waals surface area contributed by atoms with Crippen molar-refractivity contribution >= 4 is 23.2 Å². The van der Waals surface area contributed by atoms with Crippen molar-refractivity contribution in [1.82, 2.24) is 0 Å². The third-order valence-corrected chi connectivity index (χ3v) is 3.30. The highest BCUT2D eigenvalue weighted by atomic mass is 35.5. The molecule has 1 unspecified atom stereocenters. The SMILES string of the molecule is OC(CCOc1ccccc1)c1cc(Cl)ccc1Cl. The standard InChI is InChI=1S/C15H14Cl2O2/c16-11-6-7-14(17)13(10-11)15(18)8-9-19-12-4-2-1-3-5-12/h1-7,10,15,18H,8-9H2. The van der Waals surface area contributed by atoms with Crippen molar-refractivity contribution in [3.8, 4) is 5.75 Å². The lowest BCUT2D eigenvalue weighted by atomic mass is 10.1. The molecule has 2 rings (SSSR count). The molecule has 0 heterocycles. The van der Waals surface area contributed by atoms with Gasteiger partial charge in [0.25, 0.3) is 0 Å². The first kappa shape index (κ1) is 14.2. The van der Waals surface area contributed by atoms with Gasteiger partial charge >= 0.3 is 0 Å². The van der Waals surface area contributed by atoms with Gasteiger partial charge in [0.15, 0.2) is 0 Å². The van der Waals surface area contributed by atoms with Crippen LogP contribution >= 0.6 is 23.2 Å². The molecule has 0 fully saturated rings. The highest BCUT2D eigenvalue weighted by Gasteiger charge is 2.12. The molecule has 0 aliphatic carbocycles. The first-order chi connectivity index (χ1) is 9.16. The lowest BCUT2D eigenvalue weighted by molar-refractivity contribution is 0.141. The predicted octanol–water partition coefficient (Wildman–Crippen LogP) is 4.50. The zero-order valence-corrected chi connectivity index (χ0v) is 11.7. The van der Waals surface area contributed by atoms with E-state index in [0.29, 0.717) is 28.6 Å². The van der Waals surface area contributed by atoms with E-state index < -0.39 is 6.10 Å². The summed E-state index contributed by atoms with van der Waals surface area (Å²) in [4.78, 5) is 0. The molecular formula is C15H14Cl2O2. The minimum Gasteiger partial charge on any atom is -0.493 e. The molecule has 0 bridgehead atoms. The summed E-state index contributed by atoms with van der Waals surface area (Å²) < 4.78 is 5.53. The van der Waals surface area contributed by atoms with E-state index in [1.165, 1.54) is 0 Å². The summed E-state index contributed by atoms with van der Waals surface area (Å²) >= 11 is 11.9. The van der Waals surface area contributed by atoms with Crippen LogP contribution in [0.15, 0.2) is 48.5 Å². The first-order valence-electron chi connectivity index (χ1n) is 5.97. The number of halogens is 2. The highest BCUT2D eigenvalue weighted by Crippen LogP contribution is 2.28. The van der Waals surface area contributed by atoms with E-state index >= 15 is 0 Å². The van der Waals surface area contributed by atoms with Crippen LogP contribution in [0.4, 0.5) is 0 Å². The fourth-order valence-corrected chi connectivity index (χ4v) is 2.15. The van der Waals surface area contributed by atoms with Crippen molar-refractivity contribution in [2.75, 3.05) is 6.61 Å². The number of rotatable bonds is 5. The molecule has 0 saturated heterocycles. The van der Waals surface area contributed by atoms with Gasteiger partial charge in [-0.1, -0.05) is 41.4 Å². The van der Waals surface area contributed by atoms with Crippen LogP contribution in [-0.4, -0.2) is 11.7 Å². The predicted molar refractivity (Wildman–Crippen MR) is 78.0 cm³/mol. The number of benzene rings is 2. The summed E-state index contributed by atoms with van der Waals surface area (Å²) in [5.41, 5.74) is 0.630. The monoisotopic (exact) mass is 296 g/mol. The molecule has 1 atom stereocenters. The largest absolute Gasteiger partial charge is 0.493 e. The third-order valence-electron chi connectivity index (χ3n) is 2.72. The molecule has 2 aromatic rings.